The van der Waals surface area contributed by atoms with E-state index in [0.717, 1.165) is 19.4 Å². The van der Waals surface area contributed by atoms with Crippen molar-refractivity contribution in [1.29, 1.82) is 0 Å². The van der Waals surface area contributed by atoms with Crippen molar-refractivity contribution in [2.45, 2.75) is 45.6 Å². The van der Waals surface area contributed by atoms with E-state index in [-0.39, 0.29) is 5.82 Å². The van der Waals surface area contributed by atoms with Gasteiger partial charge in [-0.05, 0) is 56.2 Å². The average molecular weight is 284 g/mol. The van der Waals surface area contributed by atoms with Gasteiger partial charge in [-0.2, -0.15) is 0 Å². The fourth-order valence-corrected chi connectivity index (χ4v) is 2.78. The molecule has 1 aromatic rings. The second-order valence-corrected chi connectivity index (χ2v) is 6.49. The van der Waals surface area contributed by atoms with Crippen LogP contribution < -0.4 is 5.32 Å². The summed E-state index contributed by atoms with van der Waals surface area (Å²) >= 11 is 6.12. The van der Waals surface area contributed by atoms with Crippen molar-refractivity contribution in [2.24, 2.45) is 11.8 Å². The summed E-state index contributed by atoms with van der Waals surface area (Å²) in [5.74, 6) is 0.902. The molecule has 0 spiro atoms. The molecule has 1 N–H and O–H groups in total. The molecule has 1 atom stereocenters. The summed E-state index contributed by atoms with van der Waals surface area (Å²) in [7, 11) is 0. The van der Waals surface area contributed by atoms with Crippen LogP contribution in [0.25, 0.3) is 0 Å². The Bertz CT molecular complexity index is 395. The molecule has 1 aliphatic carbocycles. The Morgan fingerprint density at radius 2 is 2.11 bits per heavy atom. The van der Waals surface area contributed by atoms with Gasteiger partial charge in [0.25, 0.3) is 0 Å². The standard InChI is InChI=1S/C16H23ClFN/c1-11(2)8-12(10-19-13-6-7-13)9-14-15(17)4-3-5-16(14)18/h3-5,11-13,19H,6-10H2,1-2H3. The lowest BCUT2D eigenvalue weighted by Crippen LogP contribution is -2.27. The molecular weight excluding hydrogens is 261 g/mol. The largest absolute Gasteiger partial charge is 0.314 e. The topological polar surface area (TPSA) is 12.0 Å². The number of halogens is 2. The van der Waals surface area contributed by atoms with Gasteiger partial charge < -0.3 is 5.32 Å². The van der Waals surface area contributed by atoms with Gasteiger partial charge >= 0.3 is 0 Å². The molecular formula is C16H23ClFN. The Morgan fingerprint density at radius 3 is 2.68 bits per heavy atom. The van der Waals surface area contributed by atoms with Crippen molar-refractivity contribution in [3.05, 3.63) is 34.6 Å². The minimum atomic E-state index is -0.173. The summed E-state index contributed by atoms with van der Waals surface area (Å²) in [6.07, 6.45) is 4.40. The van der Waals surface area contributed by atoms with Crippen LogP contribution in [-0.4, -0.2) is 12.6 Å². The summed E-state index contributed by atoms with van der Waals surface area (Å²) < 4.78 is 13.9. The third kappa shape index (κ3) is 4.77. The predicted molar refractivity (Wildman–Crippen MR) is 79.1 cm³/mol. The maximum Gasteiger partial charge on any atom is 0.127 e. The van der Waals surface area contributed by atoms with Gasteiger partial charge in [0.05, 0.1) is 0 Å². The normalized spacial score (nSPS) is 16.9. The quantitative estimate of drug-likeness (QED) is 0.780. The molecule has 1 aliphatic rings. The van der Waals surface area contributed by atoms with Crippen molar-refractivity contribution >= 4 is 11.6 Å². The lowest BCUT2D eigenvalue weighted by Gasteiger charge is -2.20. The van der Waals surface area contributed by atoms with E-state index in [1.165, 1.54) is 18.9 Å². The van der Waals surface area contributed by atoms with Gasteiger partial charge in [0.1, 0.15) is 5.82 Å². The monoisotopic (exact) mass is 283 g/mol. The second kappa shape index (κ2) is 6.71. The van der Waals surface area contributed by atoms with Crippen LogP contribution in [0.1, 0.15) is 38.7 Å². The molecule has 0 bridgehead atoms. The summed E-state index contributed by atoms with van der Waals surface area (Å²) in [4.78, 5) is 0. The molecule has 0 heterocycles. The lowest BCUT2D eigenvalue weighted by atomic mass is 9.90. The molecule has 1 unspecified atom stereocenters. The van der Waals surface area contributed by atoms with E-state index in [1.807, 2.05) is 0 Å². The summed E-state index contributed by atoms with van der Waals surface area (Å²) in [6, 6.07) is 5.65. The van der Waals surface area contributed by atoms with Gasteiger partial charge in [0, 0.05) is 16.6 Å². The molecule has 0 aliphatic heterocycles. The highest BCUT2D eigenvalue weighted by Crippen LogP contribution is 2.26. The molecule has 0 radical (unpaired) electrons. The molecule has 106 valence electrons. The highest BCUT2D eigenvalue weighted by molar-refractivity contribution is 6.31. The second-order valence-electron chi connectivity index (χ2n) is 6.08. The molecule has 3 heteroatoms. The van der Waals surface area contributed by atoms with E-state index >= 15 is 0 Å². The number of hydrogen-bond donors (Lipinski definition) is 1. The van der Waals surface area contributed by atoms with E-state index < -0.39 is 0 Å². The van der Waals surface area contributed by atoms with Crippen LogP contribution in [-0.2, 0) is 6.42 Å². The molecule has 0 amide bonds. The first-order chi connectivity index (χ1) is 9.06. The maximum atomic E-state index is 13.9. The van der Waals surface area contributed by atoms with Gasteiger partial charge in [0.15, 0.2) is 0 Å². The lowest BCUT2D eigenvalue weighted by molar-refractivity contribution is 0.379. The van der Waals surface area contributed by atoms with Crippen LogP contribution in [0.3, 0.4) is 0 Å². The first kappa shape index (κ1) is 14.8. The molecule has 1 nitrogen and oxygen atoms in total. The van der Waals surface area contributed by atoms with E-state index in [4.69, 9.17) is 11.6 Å². The number of rotatable bonds is 7. The van der Waals surface area contributed by atoms with Crippen molar-refractivity contribution in [3.63, 3.8) is 0 Å². The average Bonchev–Trinajstić information content (AvgIpc) is 3.14. The van der Waals surface area contributed by atoms with Crippen LogP contribution >= 0.6 is 11.6 Å². The SMILES string of the molecule is CC(C)CC(CNC1CC1)Cc1c(F)cccc1Cl. The molecule has 1 saturated carbocycles. The molecule has 0 saturated heterocycles. The third-order valence-electron chi connectivity index (χ3n) is 3.63. The molecule has 2 rings (SSSR count). The summed E-state index contributed by atoms with van der Waals surface area (Å²) in [5.41, 5.74) is 0.674. The summed E-state index contributed by atoms with van der Waals surface area (Å²) in [6.45, 7) is 5.40. The van der Waals surface area contributed by atoms with Gasteiger partial charge in [-0.1, -0.05) is 31.5 Å². The highest BCUT2D eigenvalue weighted by atomic mass is 35.5. The molecule has 1 fully saturated rings. The van der Waals surface area contributed by atoms with Crippen LogP contribution in [0.4, 0.5) is 4.39 Å². The number of benzene rings is 1. The predicted octanol–water partition coefficient (Wildman–Crippen LogP) is 4.44. The maximum absolute atomic E-state index is 13.9. The smallest absolute Gasteiger partial charge is 0.127 e. The van der Waals surface area contributed by atoms with Crippen molar-refractivity contribution in [3.8, 4) is 0 Å². The van der Waals surface area contributed by atoms with Crippen LogP contribution in [0.2, 0.25) is 5.02 Å². The van der Waals surface area contributed by atoms with Crippen molar-refractivity contribution < 1.29 is 4.39 Å². The first-order valence-corrected chi connectivity index (χ1v) is 7.60. The van der Waals surface area contributed by atoms with Crippen molar-refractivity contribution in [1.82, 2.24) is 5.32 Å². The number of nitrogens with one attached hydrogen (secondary N) is 1. The van der Waals surface area contributed by atoms with E-state index in [1.54, 1.807) is 12.1 Å². The first-order valence-electron chi connectivity index (χ1n) is 7.22. The Balaban J connectivity index is 2.00. The zero-order chi connectivity index (χ0) is 13.8. The zero-order valence-corrected chi connectivity index (χ0v) is 12.5. The molecule has 19 heavy (non-hydrogen) atoms. The van der Waals surface area contributed by atoms with Gasteiger partial charge in [-0.25, -0.2) is 4.39 Å². The minimum absolute atomic E-state index is 0.173. The fourth-order valence-electron chi connectivity index (χ4n) is 2.54. The van der Waals surface area contributed by atoms with Gasteiger partial charge in [-0.15, -0.1) is 0 Å². The van der Waals surface area contributed by atoms with Crippen LogP contribution in [0.5, 0.6) is 0 Å². The summed E-state index contributed by atoms with van der Waals surface area (Å²) in [5, 5.41) is 4.11. The Labute approximate surface area is 120 Å². The van der Waals surface area contributed by atoms with Gasteiger partial charge in [-0.3, -0.25) is 0 Å². The van der Waals surface area contributed by atoms with E-state index in [9.17, 15) is 4.39 Å². The van der Waals surface area contributed by atoms with E-state index in [0.29, 0.717) is 28.5 Å². The van der Waals surface area contributed by atoms with Crippen LogP contribution in [0.15, 0.2) is 18.2 Å². The number of hydrogen-bond acceptors (Lipinski definition) is 1. The minimum Gasteiger partial charge on any atom is -0.314 e. The van der Waals surface area contributed by atoms with Crippen LogP contribution in [0, 0.1) is 17.7 Å². The highest BCUT2D eigenvalue weighted by Gasteiger charge is 2.23. The Morgan fingerprint density at radius 1 is 1.37 bits per heavy atom. The third-order valence-corrected chi connectivity index (χ3v) is 3.99. The fraction of sp³-hybridized carbons (Fsp3) is 0.625. The van der Waals surface area contributed by atoms with E-state index in [2.05, 4.69) is 19.2 Å². The Hall–Kier alpha value is -0.600. The molecule has 0 aromatic heterocycles. The van der Waals surface area contributed by atoms with Gasteiger partial charge in [0.2, 0.25) is 0 Å². The van der Waals surface area contributed by atoms with Crippen molar-refractivity contribution in [2.75, 3.05) is 6.54 Å². The molecule has 1 aromatic carbocycles. The zero-order valence-electron chi connectivity index (χ0n) is 11.8. The Kier molecular flexibility index (Phi) is 5.23.